The molecular formula is C17H27N3O4. The fourth-order valence-electron chi connectivity index (χ4n) is 2.39. The molecule has 0 bridgehead atoms. The van der Waals surface area contributed by atoms with E-state index in [1.807, 2.05) is 0 Å². The third kappa shape index (κ3) is 5.82. The van der Waals surface area contributed by atoms with E-state index in [4.69, 9.17) is 11.5 Å². The zero-order chi connectivity index (χ0) is 18.1. The number of phenols is 2. The first-order valence-corrected chi connectivity index (χ1v) is 8.27. The molecule has 1 aromatic carbocycles. The number of benzene rings is 1. The van der Waals surface area contributed by atoms with Gasteiger partial charge in [-0.2, -0.15) is 0 Å². The van der Waals surface area contributed by atoms with Crippen molar-refractivity contribution < 1.29 is 19.8 Å². The van der Waals surface area contributed by atoms with Crippen LogP contribution in [0.25, 0.3) is 0 Å². The lowest BCUT2D eigenvalue weighted by molar-refractivity contribution is -0.129. The van der Waals surface area contributed by atoms with Crippen LogP contribution in [0.2, 0.25) is 0 Å². The Morgan fingerprint density at radius 3 is 2.29 bits per heavy atom. The number of carbonyl (C=O) groups is 2. The molecule has 0 radical (unpaired) electrons. The van der Waals surface area contributed by atoms with Crippen molar-refractivity contribution in [2.24, 2.45) is 11.5 Å². The summed E-state index contributed by atoms with van der Waals surface area (Å²) in [5, 5.41) is 19.1. The largest absolute Gasteiger partial charge is 0.508 e. The van der Waals surface area contributed by atoms with Gasteiger partial charge in [-0.1, -0.05) is 39.0 Å². The Labute approximate surface area is 142 Å². The Morgan fingerprint density at radius 1 is 1.08 bits per heavy atom. The number of aromatic hydroxyl groups is 2. The molecule has 0 aromatic heterocycles. The fourth-order valence-corrected chi connectivity index (χ4v) is 2.39. The van der Waals surface area contributed by atoms with Crippen molar-refractivity contribution in [2.75, 3.05) is 6.54 Å². The number of unbranched alkanes of at least 4 members (excludes halogenated alkanes) is 5. The van der Waals surface area contributed by atoms with Gasteiger partial charge in [-0.25, -0.2) is 0 Å². The number of rotatable bonds is 9. The lowest BCUT2D eigenvalue weighted by Crippen LogP contribution is -2.51. The molecule has 0 fully saturated rings. The van der Waals surface area contributed by atoms with Gasteiger partial charge < -0.3 is 21.7 Å². The number of hydrogen-bond donors (Lipinski definition) is 4. The molecule has 0 aliphatic heterocycles. The van der Waals surface area contributed by atoms with Gasteiger partial charge in [0, 0.05) is 12.6 Å². The third-order valence-electron chi connectivity index (χ3n) is 3.74. The average molecular weight is 337 g/mol. The molecule has 0 aliphatic carbocycles. The summed E-state index contributed by atoms with van der Waals surface area (Å²) in [7, 11) is 0. The smallest absolute Gasteiger partial charge is 0.264 e. The van der Waals surface area contributed by atoms with Crippen LogP contribution in [0, 0.1) is 0 Å². The van der Waals surface area contributed by atoms with Gasteiger partial charge in [0.05, 0.1) is 5.56 Å². The highest BCUT2D eigenvalue weighted by atomic mass is 16.3. The summed E-state index contributed by atoms with van der Waals surface area (Å²) in [6.45, 7) is 2.32. The highest BCUT2D eigenvalue weighted by molar-refractivity contribution is 6.07. The first-order chi connectivity index (χ1) is 11.4. The Balaban J connectivity index is 2.78. The molecule has 0 spiro atoms. The van der Waals surface area contributed by atoms with E-state index in [0.717, 1.165) is 43.1 Å². The van der Waals surface area contributed by atoms with E-state index in [2.05, 4.69) is 6.92 Å². The second-order valence-corrected chi connectivity index (χ2v) is 5.79. The number of phenolic OH excluding ortho intramolecular Hbond substituents is 2. The third-order valence-corrected chi connectivity index (χ3v) is 3.74. The van der Waals surface area contributed by atoms with Crippen LogP contribution >= 0.6 is 0 Å². The maximum Gasteiger partial charge on any atom is 0.264 e. The molecule has 1 rings (SSSR count). The summed E-state index contributed by atoms with van der Waals surface area (Å²) in [5.41, 5.74) is 10.8. The zero-order valence-corrected chi connectivity index (χ0v) is 14.1. The molecule has 7 heteroatoms. The summed E-state index contributed by atoms with van der Waals surface area (Å²) in [6, 6.07) is 3.57. The molecule has 0 unspecified atom stereocenters. The van der Waals surface area contributed by atoms with Gasteiger partial charge in [-0.3, -0.25) is 14.5 Å². The molecule has 0 aliphatic rings. The van der Waals surface area contributed by atoms with Crippen LogP contribution in [0.15, 0.2) is 18.2 Å². The maximum atomic E-state index is 12.5. The van der Waals surface area contributed by atoms with Crippen molar-refractivity contribution in [3.8, 4) is 11.5 Å². The molecular weight excluding hydrogens is 310 g/mol. The maximum absolute atomic E-state index is 12.5. The topological polar surface area (TPSA) is 130 Å². The molecule has 0 saturated heterocycles. The molecule has 0 heterocycles. The molecule has 0 saturated carbocycles. The zero-order valence-electron chi connectivity index (χ0n) is 14.1. The first kappa shape index (κ1) is 19.9. The minimum absolute atomic E-state index is 0.0761. The standard InChI is InChI=1S/C17H27N3O4/c1-2-3-4-5-6-7-10-20(17(24)15(18)19)16(23)13-9-8-12(21)11-14(13)22/h8-9,11,15,21-22H,2-7,10,18-19H2,1H3. The van der Waals surface area contributed by atoms with Gasteiger partial charge in [-0.15, -0.1) is 0 Å². The van der Waals surface area contributed by atoms with Crippen molar-refractivity contribution in [2.45, 2.75) is 51.6 Å². The van der Waals surface area contributed by atoms with E-state index in [1.54, 1.807) is 0 Å². The van der Waals surface area contributed by atoms with Crippen LogP contribution in [0.3, 0.4) is 0 Å². The number of hydrogen-bond acceptors (Lipinski definition) is 6. The molecule has 6 N–H and O–H groups in total. The molecule has 24 heavy (non-hydrogen) atoms. The number of nitrogens with zero attached hydrogens (tertiary/aromatic N) is 1. The summed E-state index contributed by atoms with van der Waals surface area (Å²) in [4.78, 5) is 25.6. The van der Waals surface area contributed by atoms with E-state index < -0.39 is 23.7 Å². The second kappa shape index (κ2) is 9.89. The minimum Gasteiger partial charge on any atom is -0.508 e. The second-order valence-electron chi connectivity index (χ2n) is 5.79. The summed E-state index contributed by atoms with van der Waals surface area (Å²) < 4.78 is 0. The van der Waals surface area contributed by atoms with Crippen LogP contribution < -0.4 is 11.5 Å². The van der Waals surface area contributed by atoms with Crippen LogP contribution in [0.4, 0.5) is 0 Å². The monoisotopic (exact) mass is 337 g/mol. The van der Waals surface area contributed by atoms with Crippen LogP contribution in [0.5, 0.6) is 11.5 Å². The Bertz CT molecular complexity index is 561. The van der Waals surface area contributed by atoms with Gasteiger partial charge in [-0.05, 0) is 18.6 Å². The summed E-state index contributed by atoms with van der Waals surface area (Å²) in [5.74, 6) is -1.94. The van der Waals surface area contributed by atoms with E-state index >= 15 is 0 Å². The van der Waals surface area contributed by atoms with Gasteiger partial charge >= 0.3 is 0 Å². The Kier molecular flexibility index (Phi) is 8.21. The normalized spacial score (nSPS) is 10.8. The number of nitrogens with two attached hydrogens (primary N) is 2. The van der Waals surface area contributed by atoms with Crippen molar-refractivity contribution in [3.63, 3.8) is 0 Å². The lowest BCUT2D eigenvalue weighted by Gasteiger charge is -2.23. The van der Waals surface area contributed by atoms with E-state index in [9.17, 15) is 19.8 Å². The molecule has 134 valence electrons. The van der Waals surface area contributed by atoms with Gasteiger partial charge in [0.2, 0.25) is 0 Å². The van der Waals surface area contributed by atoms with E-state index in [0.29, 0.717) is 6.42 Å². The summed E-state index contributed by atoms with van der Waals surface area (Å²) in [6.07, 6.45) is 4.69. The van der Waals surface area contributed by atoms with Crippen molar-refractivity contribution in [1.29, 1.82) is 0 Å². The Hall–Kier alpha value is -2.12. The minimum atomic E-state index is -1.30. The fraction of sp³-hybridized carbons (Fsp3) is 0.529. The van der Waals surface area contributed by atoms with Crippen LogP contribution in [0.1, 0.15) is 55.8 Å². The van der Waals surface area contributed by atoms with Crippen molar-refractivity contribution >= 4 is 11.8 Å². The van der Waals surface area contributed by atoms with E-state index in [-0.39, 0.29) is 17.9 Å². The van der Waals surface area contributed by atoms with Crippen molar-refractivity contribution in [1.82, 2.24) is 4.90 Å². The lowest BCUT2D eigenvalue weighted by atomic mass is 10.1. The van der Waals surface area contributed by atoms with Gasteiger partial charge in [0.1, 0.15) is 17.7 Å². The summed E-state index contributed by atoms with van der Waals surface area (Å²) >= 11 is 0. The number of amides is 2. The molecule has 1 aromatic rings. The van der Waals surface area contributed by atoms with Crippen molar-refractivity contribution in [3.05, 3.63) is 23.8 Å². The molecule has 0 atom stereocenters. The molecule has 2 amide bonds. The van der Waals surface area contributed by atoms with Gasteiger partial charge in [0.15, 0.2) is 0 Å². The van der Waals surface area contributed by atoms with E-state index in [1.165, 1.54) is 12.1 Å². The van der Waals surface area contributed by atoms with Gasteiger partial charge in [0.25, 0.3) is 11.8 Å². The van der Waals surface area contributed by atoms with Crippen LogP contribution in [-0.2, 0) is 4.79 Å². The predicted molar refractivity (Wildman–Crippen MR) is 91.4 cm³/mol. The number of imide groups is 1. The predicted octanol–water partition coefficient (Wildman–Crippen LogP) is 1.67. The molecule has 7 nitrogen and oxygen atoms in total. The van der Waals surface area contributed by atoms with Crippen LogP contribution in [-0.4, -0.2) is 39.6 Å². The Morgan fingerprint density at radius 2 is 1.71 bits per heavy atom. The quantitative estimate of drug-likeness (QED) is 0.400. The highest BCUT2D eigenvalue weighted by Gasteiger charge is 2.27. The number of carbonyl (C=O) groups excluding carboxylic acids is 2. The average Bonchev–Trinajstić information content (AvgIpc) is 2.53. The SMILES string of the molecule is CCCCCCCCN(C(=O)c1ccc(O)cc1O)C(=O)C(N)N. The highest BCUT2D eigenvalue weighted by Crippen LogP contribution is 2.24. The first-order valence-electron chi connectivity index (χ1n) is 8.27.